The SMILES string of the molecule is C[C@@H]1[C@@H]2OP(=O)(O)OC[C@H]3O[C@@H](n4cnc5c(=O)[nH]c(N)nc54)[C@H](OP(=O)(S)OCC[C@H]2C[C@H]1Nc1ncncn1)[C@@H]3C. The zero-order valence-corrected chi connectivity index (χ0v) is 25.7. The molecule has 2 bridgehead atoms. The first-order valence-electron chi connectivity index (χ1n) is 13.5. The fourth-order valence-electron chi connectivity index (χ4n) is 5.87. The highest BCUT2D eigenvalue weighted by Gasteiger charge is 2.50. The average Bonchev–Trinajstić information content (AvgIpc) is 3.58. The van der Waals surface area contributed by atoms with E-state index in [2.05, 4.69) is 47.5 Å². The lowest BCUT2D eigenvalue weighted by molar-refractivity contribution is -0.0477. The van der Waals surface area contributed by atoms with Crippen LogP contribution in [-0.2, 0) is 32.0 Å². The molecule has 0 spiro atoms. The Hall–Kier alpha value is -2.47. The maximum atomic E-state index is 13.5. The van der Waals surface area contributed by atoms with Gasteiger partial charge in [0.1, 0.15) is 18.8 Å². The summed E-state index contributed by atoms with van der Waals surface area (Å²) in [6, 6.07) is -0.216. The molecule has 3 aromatic rings. The summed E-state index contributed by atoms with van der Waals surface area (Å²) in [5.41, 5.74) is 5.28. The number of nitrogens with two attached hydrogens (primary N) is 1. The minimum Gasteiger partial charge on any atom is -0.369 e. The molecule has 21 heteroatoms. The van der Waals surface area contributed by atoms with Crippen LogP contribution in [0.5, 0.6) is 0 Å². The van der Waals surface area contributed by atoms with Gasteiger partial charge in [0.05, 0.1) is 31.7 Å². The van der Waals surface area contributed by atoms with Crippen molar-refractivity contribution < 1.29 is 36.9 Å². The Morgan fingerprint density at radius 3 is 2.67 bits per heavy atom. The average molecular weight is 660 g/mol. The molecule has 3 fully saturated rings. The number of nitrogens with one attached hydrogen (secondary N) is 2. The maximum Gasteiger partial charge on any atom is 0.472 e. The van der Waals surface area contributed by atoms with Gasteiger partial charge in [-0.2, -0.15) is 4.98 Å². The zero-order valence-electron chi connectivity index (χ0n) is 23.0. The van der Waals surface area contributed by atoms with Gasteiger partial charge >= 0.3 is 14.6 Å². The number of nitrogen functional groups attached to an aromatic ring is 1. The predicted octanol–water partition coefficient (Wildman–Crippen LogP) is 1.90. The molecule has 1 aliphatic carbocycles. The van der Waals surface area contributed by atoms with Crippen LogP contribution in [0.1, 0.15) is 32.9 Å². The third-order valence-electron chi connectivity index (χ3n) is 8.06. The quantitative estimate of drug-likeness (QED) is 0.199. The van der Waals surface area contributed by atoms with Crippen molar-refractivity contribution >= 4 is 49.9 Å². The molecular formula is C22H31N9O9P2S. The summed E-state index contributed by atoms with van der Waals surface area (Å²) in [5, 5.41) is 3.22. The molecule has 18 nitrogen and oxygen atoms in total. The van der Waals surface area contributed by atoms with Gasteiger partial charge in [-0.3, -0.25) is 27.9 Å². The Morgan fingerprint density at radius 1 is 1.14 bits per heavy atom. The Balaban J connectivity index is 1.27. The van der Waals surface area contributed by atoms with Crippen LogP contribution in [0, 0.1) is 17.8 Å². The van der Waals surface area contributed by atoms with Crippen molar-refractivity contribution in [1.82, 2.24) is 34.5 Å². The number of H-pyrrole nitrogens is 1. The second-order valence-electron chi connectivity index (χ2n) is 10.8. The van der Waals surface area contributed by atoms with Gasteiger partial charge in [-0.25, -0.2) is 29.1 Å². The van der Waals surface area contributed by atoms with E-state index in [-0.39, 0.29) is 48.2 Å². The number of aromatic nitrogens is 7. The highest BCUT2D eigenvalue weighted by molar-refractivity contribution is 8.44. The van der Waals surface area contributed by atoms with E-state index in [1.54, 1.807) is 6.92 Å². The first-order valence-corrected chi connectivity index (χ1v) is 17.7. The second-order valence-corrected chi connectivity index (χ2v) is 15.0. The van der Waals surface area contributed by atoms with Crippen molar-refractivity contribution in [2.24, 2.45) is 17.8 Å². The number of hydrogen-bond donors (Lipinski definition) is 5. The van der Waals surface area contributed by atoms with E-state index in [1.165, 1.54) is 23.5 Å². The van der Waals surface area contributed by atoms with Gasteiger partial charge in [-0.15, -0.1) is 0 Å². The molecule has 2 saturated heterocycles. The number of hydrogen-bond acceptors (Lipinski definition) is 15. The fourth-order valence-corrected chi connectivity index (χ4v) is 8.51. The van der Waals surface area contributed by atoms with E-state index in [4.69, 9.17) is 28.6 Å². The van der Waals surface area contributed by atoms with Gasteiger partial charge in [0.2, 0.25) is 11.9 Å². The molecule has 0 aromatic carbocycles. The number of fused-ring (bicyclic) bond motifs is 4. The number of thiol groups is 1. The number of anilines is 2. The number of nitrogens with zero attached hydrogens (tertiary/aromatic N) is 6. The summed E-state index contributed by atoms with van der Waals surface area (Å²) in [4.78, 5) is 45.8. The Bertz CT molecular complexity index is 1630. The minimum absolute atomic E-state index is 0.00249. The lowest BCUT2D eigenvalue weighted by Gasteiger charge is -2.28. The third-order valence-corrected chi connectivity index (χ3v) is 10.7. The van der Waals surface area contributed by atoms with Crippen molar-refractivity contribution in [3.63, 3.8) is 0 Å². The monoisotopic (exact) mass is 659 g/mol. The van der Waals surface area contributed by atoms with Crippen molar-refractivity contribution in [2.75, 3.05) is 24.3 Å². The first-order chi connectivity index (χ1) is 20.4. The van der Waals surface area contributed by atoms with Gasteiger partial charge in [0.15, 0.2) is 17.4 Å². The molecule has 2 unspecified atom stereocenters. The molecule has 0 radical (unpaired) electrons. The number of rotatable bonds is 3. The summed E-state index contributed by atoms with van der Waals surface area (Å²) in [5.74, 6) is -0.920. The molecule has 6 rings (SSSR count). The molecule has 2 aliphatic heterocycles. The van der Waals surface area contributed by atoms with E-state index in [0.717, 1.165) is 0 Å². The van der Waals surface area contributed by atoms with Crippen molar-refractivity contribution in [1.29, 1.82) is 0 Å². The summed E-state index contributed by atoms with van der Waals surface area (Å²) in [6.45, 7) is -0.797. The summed E-state index contributed by atoms with van der Waals surface area (Å²) in [7, 11) is -4.59. The number of imidazole rings is 1. The van der Waals surface area contributed by atoms with Crippen LogP contribution < -0.4 is 16.6 Å². The molecule has 234 valence electrons. The zero-order chi connectivity index (χ0) is 30.5. The van der Waals surface area contributed by atoms with E-state index in [9.17, 15) is 18.8 Å². The molecule has 5 heterocycles. The van der Waals surface area contributed by atoms with Crippen LogP contribution in [0.25, 0.3) is 11.2 Å². The van der Waals surface area contributed by atoms with Crippen LogP contribution in [0.3, 0.4) is 0 Å². The Labute approximate surface area is 249 Å². The lowest BCUT2D eigenvalue weighted by Crippen LogP contribution is -2.31. The first kappa shape index (κ1) is 30.6. The Morgan fingerprint density at radius 2 is 1.91 bits per heavy atom. The van der Waals surface area contributed by atoms with Gasteiger partial charge in [0, 0.05) is 17.9 Å². The molecular weight excluding hydrogens is 628 g/mol. The normalized spacial score (nSPS) is 38.9. The summed E-state index contributed by atoms with van der Waals surface area (Å²) < 4.78 is 57.1. The molecule has 3 aromatic heterocycles. The smallest absolute Gasteiger partial charge is 0.369 e. The van der Waals surface area contributed by atoms with Crippen molar-refractivity contribution in [3.8, 4) is 0 Å². The van der Waals surface area contributed by atoms with Crippen LogP contribution in [0.2, 0.25) is 0 Å². The highest BCUT2D eigenvalue weighted by Crippen LogP contribution is 2.59. The number of aromatic amines is 1. The van der Waals surface area contributed by atoms with E-state index < -0.39 is 50.6 Å². The molecule has 43 heavy (non-hydrogen) atoms. The summed E-state index contributed by atoms with van der Waals surface area (Å²) in [6.07, 6.45) is 1.25. The standard InChI is InChI=1S/C22H31N9O9P2S/c1-10-13(28-22-25-7-24-8-26-22)5-12-3-4-36-42(35,43)40-17-11(2)14(6-37-41(33,34)39-16(10)12)38-20(17)31-9-27-15-18(31)29-21(23)30-19(15)32/h7-14,16-17,20H,3-6H2,1-2H3,(H,33,34)(H,35,43)(H3,23,29,30,32)(H,24,25,26,28)/t10-,11+,12-,13+,14+,16-,17+,20+,42?/m0/s1. The second kappa shape index (κ2) is 11.8. The van der Waals surface area contributed by atoms with Gasteiger partial charge < -0.3 is 25.2 Å². The minimum atomic E-state index is -4.59. The fraction of sp³-hybridized carbons (Fsp3) is 0.636. The third kappa shape index (κ3) is 6.36. The number of phosphoric acid groups is 1. The summed E-state index contributed by atoms with van der Waals surface area (Å²) >= 11 is 4.23. The van der Waals surface area contributed by atoms with Crippen LogP contribution in [0.4, 0.5) is 11.9 Å². The number of phosphoric ester groups is 1. The van der Waals surface area contributed by atoms with Gasteiger partial charge in [-0.05, 0) is 18.8 Å². The topological polar surface area (TPSA) is 241 Å². The van der Waals surface area contributed by atoms with E-state index >= 15 is 0 Å². The van der Waals surface area contributed by atoms with Crippen LogP contribution >= 0.6 is 26.9 Å². The van der Waals surface area contributed by atoms with Crippen LogP contribution in [-0.4, -0.2) is 76.9 Å². The molecule has 10 atom stereocenters. The van der Waals surface area contributed by atoms with Crippen LogP contribution in [0.15, 0.2) is 23.8 Å². The van der Waals surface area contributed by atoms with Crippen molar-refractivity contribution in [2.45, 2.75) is 57.3 Å². The molecule has 1 saturated carbocycles. The van der Waals surface area contributed by atoms with Crippen molar-refractivity contribution in [3.05, 3.63) is 29.3 Å². The van der Waals surface area contributed by atoms with E-state index in [1.807, 2.05) is 6.92 Å². The Kier molecular flexibility index (Phi) is 8.38. The number of ether oxygens (including phenoxy) is 1. The largest absolute Gasteiger partial charge is 0.472 e. The molecule has 5 N–H and O–H groups in total. The maximum absolute atomic E-state index is 13.5. The van der Waals surface area contributed by atoms with Gasteiger partial charge in [0.25, 0.3) is 5.56 Å². The highest BCUT2D eigenvalue weighted by atomic mass is 32.7. The van der Waals surface area contributed by atoms with Gasteiger partial charge in [-0.1, -0.05) is 26.1 Å². The molecule has 3 aliphatic rings. The molecule has 0 amide bonds. The van der Waals surface area contributed by atoms with E-state index in [0.29, 0.717) is 18.8 Å². The predicted molar refractivity (Wildman–Crippen MR) is 153 cm³/mol. The lowest BCUT2D eigenvalue weighted by atomic mass is 9.99.